The van der Waals surface area contributed by atoms with Gasteiger partial charge in [0.05, 0.1) is 44.3 Å². The number of morpholine rings is 1. The van der Waals surface area contributed by atoms with Crippen LogP contribution < -0.4 is 0 Å². The largest absolute Gasteiger partial charge is 0.481 e. The van der Waals surface area contributed by atoms with Crippen molar-refractivity contribution in [3.8, 4) is 0 Å². The number of carboxylic acids is 1. The van der Waals surface area contributed by atoms with Crippen LogP contribution in [-0.4, -0.2) is 60.4 Å². The lowest BCUT2D eigenvalue weighted by molar-refractivity contribution is -0.149. The number of nitrogens with zero attached hydrogens (tertiary/aromatic N) is 1. The van der Waals surface area contributed by atoms with E-state index in [2.05, 4.69) is 0 Å². The van der Waals surface area contributed by atoms with E-state index in [1.165, 1.54) is 0 Å². The van der Waals surface area contributed by atoms with Crippen LogP contribution in [0.2, 0.25) is 0 Å². The van der Waals surface area contributed by atoms with Gasteiger partial charge in [0.2, 0.25) is 5.91 Å². The predicted octanol–water partition coefficient (Wildman–Crippen LogP) is 0.114. The second-order valence-electron chi connectivity index (χ2n) is 4.93. The first-order valence-corrected chi connectivity index (χ1v) is 6.29. The molecule has 3 atom stereocenters. The predicted molar refractivity (Wildman–Crippen MR) is 62.1 cm³/mol. The van der Waals surface area contributed by atoms with Crippen molar-refractivity contribution in [1.82, 2.24) is 4.90 Å². The number of amides is 1. The third kappa shape index (κ3) is 3.00. The van der Waals surface area contributed by atoms with Gasteiger partial charge in [-0.2, -0.15) is 0 Å². The number of rotatable bonds is 3. The molecule has 0 aromatic carbocycles. The SMILES string of the molecule is CC1CC(C(=O)N2CCOCC2CC(=O)O)CO1. The molecule has 1 amide bonds. The maximum atomic E-state index is 12.3. The van der Waals surface area contributed by atoms with E-state index in [4.69, 9.17) is 14.6 Å². The molecule has 2 aliphatic heterocycles. The second kappa shape index (κ2) is 5.67. The van der Waals surface area contributed by atoms with Crippen LogP contribution >= 0.6 is 0 Å². The summed E-state index contributed by atoms with van der Waals surface area (Å²) in [6.45, 7) is 3.65. The first-order valence-electron chi connectivity index (χ1n) is 6.29. The smallest absolute Gasteiger partial charge is 0.305 e. The Morgan fingerprint density at radius 1 is 1.39 bits per heavy atom. The summed E-state index contributed by atoms with van der Waals surface area (Å²) in [4.78, 5) is 24.8. The Hall–Kier alpha value is -1.14. The van der Waals surface area contributed by atoms with Crippen molar-refractivity contribution in [2.75, 3.05) is 26.4 Å². The Labute approximate surface area is 106 Å². The number of aliphatic carboxylic acids is 1. The number of carboxylic acid groups (broad SMARTS) is 1. The zero-order valence-electron chi connectivity index (χ0n) is 10.5. The van der Waals surface area contributed by atoms with Crippen LogP contribution in [0.3, 0.4) is 0 Å². The van der Waals surface area contributed by atoms with Gasteiger partial charge in [-0.25, -0.2) is 0 Å². The van der Waals surface area contributed by atoms with Gasteiger partial charge in [0, 0.05) is 6.54 Å². The van der Waals surface area contributed by atoms with Crippen molar-refractivity contribution >= 4 is 11.9 Å². The summed E-state index contributed by atoms with van der Waals surface area (Å²) in [5.74, 6) is -1.03. The minimum Gasteiger partial charge on any atom is -0.481 e. The maximum absolute atomic E-state index is 12.3. The summed E-state index contributed by atoms with van der Waals surface area (Å²) in [6, 6.07) is -0.348. The molecule has 0 spiro atoms. The van der Waals surface area contributed by atoms with Crippen molar-refractivity contribution in [3.05, 3.63) is 0 Å². The Kier molecular flexibility index (Phi) is 4.19. The summed E-state index contributed by atoms with van der Waals surface area (Å²) in [6.07, 6.45) is 0.767. The van der Waals surface area contributed by atoms with Crippen LogP contribution in [-0.2, 0) is 19.1 Å². The summed E-state index contributed by atoms with van der Waals surface area (Å²) < 4.78 is 10.7. The van der Waals surface area contributed by atoms with Crippen LogP contribution in [0, 0.1) is 5.92 Å². The van der Waals surface area contributed by atoms with Gasteiger partial charge in [-0.3, -0.25) is 9.59 Å². The van der Waals surface area contributed by atoms with Gasteiger partial charge in [0.25, 0.3) is 0 Å². The number of hydrogen-bond acceptors (Lipinski definition) is 4. The molecule has 2 fully saturated rings. The Balaban J connectivity index is 1.99. The molecule has 0 aliphatic carbocycles. The fraction of sp³-hybridized carbons (Fsp3) is 0.833. The van der Waals surface area contributed by atoms with Crippen molar-refractivity contribution in [1.29, 1.82) is 0 Å². The third-order valence-corrected chi connectivity index (χ3v) is 3.47. The van der Waals surface area contributed by atoms with E-state index >= 15 is 0 Å². The zero-order valence-corrected chi connectivity index (χ0v) is 10.5. The van der Waals surface area contributed by atoms with Gasteiger partial charge >= 0.3 is 5.97 Å². The molecule has 2 rings (SSSR count). The van der Waals surface area contributed by atoms with Crippen LogP contribution in [0.4, 0.5) is 0 Å². The summed E-state index contributed by atoms with van der Waals surface area (Å²) in [5.41, 5.74) is 0. The van der Waals surface area contributed by atoms with E-state index in [1.807, 2.05) is 6.92 Å². The third-order valence-electron chi connectivity index (χ3n) is 3.47. The summed E-state index contributed by atoms with van der Waals surface area (Å²) in [5, 5.41) is 8.85. The lowest BCUT2D eigenvalue weighted by atomic mass is 10.0. The maximum Gasteiger partial charge on any atom is 0.305 e. The van der Waals surface area contributed by atoms with E-state index in [1.54, 1.807) is 4.90 Å². The molecule has 2 aliphatic rings. The first kappa shape index (κ1) is 13.3. The Morgan fingerprint density at radius 3 is 2.78 bits per heavy atom. The zero-order chi connectivity index (χ0) is 13.1. The number of ether oxygens (including phenoxy) is 2. The van der Waals surface area contributed by atoms with E-state index in [9.17, 15) is 9.59 Å². The topological polar surface area (TPSA) is 76.1 Å². The molecule has 0 saturated carbocycles. The highest BCUT2D eigenvalue weighted by molar-refractivity contribution is 5.80. The molecule has 0 aromatic heterocycles. The highest BCUT2D eigenvalue weighted by Crippen LogP contribution is 2.23. The molecule has 2 heterocycles. The van der Waals surface area contributed by atoms with Gasteiger partial charge in [0.15, 0.2) is 0 Å². The molecule has 6 nitrogen and oxygen atoms in total. The van der Waals surface area contributed by atoms with E-state index < -0.39 is 5.97 Å². The first-order chi connectivity index (χ1) is 8.58. The average Bonchev–Trinajstić information content (AvgIpc) is 2.75. The van der Waals surface area contributed by atoms with Crippen LogP contribution in [0.5, 0.6) is 0 Å². The van der Waals surface area contributed by atoms with E-state index in [0.717, 1.165) is 6.42 Å². The van der Waals surface area contributed by atoms with Crippen LogP contribution in [0.25, 0.3) is 0 Å². The minimum absolute atomic E-state index is 0.00824. The van der Waals surface area contributed by atoms with Gasteiger partial charge in [-0.1, -0.05) is 0 Å². The van der Waals surface area contributed by atoms with Crippen molar-refractivity contribution < 1.29 is 24.2 Å². The number of carbonyl (C=O) groups is 2. The van der Waals surface area contributed by atoms with E-state index in [-0.39, 0.29) is 30.4 Å². The van der Waals surface area contributed by atoms with Crippen LogP contribution in [0.1, 0.15) is 19.8 Å². The van der Waals surface area contributed by atoms with Crippen molar-refractivity contribution in [2.24, 2.45) is 5.92 Å². The van der Waals surface area contributed by atoms with Crippen molar-refractivity contribution in [3.63, 3.8) is 0 Å². The van der Waals surface area contributed by atoms with E-state index in [0.29, 0.717) is 26.4 Å². The fourth-order valence-corrected chi connectivity index (χ4v) is 2.54. The highest BCUT2D eigenvalue weighted by atomic mass is 16.5. The lowest BCUT2D eigenvalue weighted by Gasteiger charge is -2.36. The molecule has 102 valence electrons. The number of carbonyl (C=O) groups excluding carboxylic acids is 1. The fourth-order valence-electron chi connectivity index (χ4n) is 2.54. The Bertz CT molecular complexity index is 332. The molecule has 0 radical (unpaired) electrons. The minimum atomic E-state index is -0.903. The van der Waals surface area contributed by atoms with Gasteiger partial charge < -0.3 is 19.5 Å². The monoisotopic (exact) mass is 257 g/mol. The Morgan fingerprint density at radius 2 is 2.17 bits per heavy atom. The molecular formula is C12H19NO5. The van der Waals surface area contributed by atoms with Crippen LogP contribution in [0.15, 0.2) is 0 Å². The molecule has 0 aromatic rings. The van der Waals surface area contributed by atoms with Gasteiger partial charge in [-0.05, 0) is 13.3 Å². The molecule has 1 N–H and O–H groups in total. The lowest BCUT2D eigenvalue weighted by Crippen LogP contribution is -2.51. The highest BCUT2D eigenvalue weighted by Gasteiger charge is 2.36. The van der Waals surface area contributed by atoms with Crippen molar-refractivity contribution in [2.45, 2.75) is 31.9 Å². The van der Waals surface area contributed by atoms with Gasteiger partial charge in [-0.15, -0.1) is 0 Å². The normalized spacial score (nSPS) is 32.5. The standard InChI is InChI=1S/C12H19NO5/c1-8-4-9(6-18-8)12(16)13-2-3-17-7-10(13)5-11(14)15/h8-10H,2-7H2,1H3,(H,14,15). The average molecular weight is 257 g/mol. The van der Waals surface area contributed by atoms with Gasteiger partial charge in [0.1, 0.15) is 0 Å². The second-order valence-corrected chi connectivity index (χ2v) is 4.93. The summed E-state index contributed by atoms with van der Waals surface area (Å²) in [7, 11) is 0. The quantitative estimate of drug-likeness (QED) is 0.776. The number of hydrogen-bond donors (Lipinski definition) is 1. The molecule has 3 unspecified atom stereocenters. The molecule has 0 bridgehead atoms. The molecular weight excluding hydrogens is 238 g/mol. The molecule has 18 heavy (non-hydrogen) atoms. The molecule has 6 heteroatoms. The summed E-state index contributed by atoms with van der Waals surface area (Å²) >= 11 is 0. The molecule has 2 saturated heterocycles.